The van der Waals surface area contributed by atoms with Gasteiger partial charge in [-0.25, -0.2) is 12.8 Å². The highest BCUT2D eigenvalue weighted by molar-refractivity contribution is 7.89. The second-order valence-corrected chi connectivity index (χ2v) is 9.25. The van der Waals surface area contributed by atoms with E-state index in [1.165, 1.54) is 22.5 Å². The number of piperidine rings is 1. The summed E-state index contributed by atoms with van der Waals surface area (Å²) in [7, 11) is -3.87. The Morgan fingerprint density at radius 2 is 1.83 bits per heavy atom. The Kier molecular flexibility index (Phi) is 5.21. The van der Waals surface area contributed by atoms with Crippen LogP contribution in [0.2, 0.25) is 5.02 Å². The maximum atomic E-state index is 14.2. The molecule has 0 aromatic heterocycles. The van der Waals surface area contributed by atoms with Crippen molar-refractivity contribution in [1.29, 1.82) is 0 Å². The molecule has 0 radical (unpaired) electrons. The number of likely N-dealkylation sites (tertiary alicyclic amines) is 1. The summed E-state index contributed by atoms with van der Waals surface area (Å²) in [6.07, 6.45) is 4.07. The SMILES string of the molecule is C[C@@H]1CC[C@@H](C)N1[C@@H]1CCCN(S(=O)(=O)c2cccc(Cl)c2F)C1. The van der Waals surface area contributed by atoms with E-state index in [1.54, 1.807) is 0 Å². The standard InChI is InChI=1S/C17H24ClFN2O2S/c1-12-8-9-13(2)21(12)14-5-4-10-20(11-14)24(22,23)16-7-3-6-15(18)17(16)19/h3,6-7,12-14H,4-5,8-11H2,1-2H3/t12-,13-,14-/m1/s1. The summed E-state index contributed by atoms with van der Waals surface area (Å²) in [5.41, 5.74) is 0. The minimum Gasteiger partial charge on any atom is -0.294 e. The number of sulfonamides is 1. The van der Waals surface area contributed by atoms with E-state index < -0.39 is 15.8 Å². The molecule has 4 nitrogen and oxygen atoms in total. The van der Waals surface area contributed by atoms with Crippen molar-refractivity contribution in [3.63, 3.8) is 0 Å². The minimum atomic E-state index is -3.87. The third-order valence-corrected chi connectivity index (χ3v) is 7.51. The molecule has 24 heavy (non-hydrogen) atoms. The van der Waals surface area contributed by atoms with Gasteiger partial charge >= 0.3 is 0 Å². The molecule has 0 spiro atoms. The minimum absolute atomic E-state index is 0.161. The molecule has 1 aromatic carbocycles. The molecule has 2 aliphatic heterocycles. The summed E-state index contributed by atoms with van der Waals surface area (Å²) in [4.78, 5) is 2.12. The van der Waals surface area contributed by atoms with Crippen LogP contribution in [0.25, 0.3) is 0 Å². The highest BCUT2D eigenvalue weighted by Crippen LogP contribution is 2.32. The number of rotatable bonds is 3. The summed E-state index contributed by atoms with van der Waals surface area (Å²) in [5, 5.41) is -0.161. The first-order valence-corrected chi connectivity index (χ1v) is 10.4. The van der Waals surface area contributed by atoms with Crippen molar-refractivity contribution < 1.29 is 12.8 Å². The Bertz CT molecular complexity index is 703. The van der Waals surface area contributed by atoms with Crippen molar-refractivity contribution >= 4 is 21.6 Å². The normalized spacial score (nSPS) is 29.9. The maximum absolute atomic E-state index is 14.2. The Balaban J connectivity index is 1.85. The largest absolute Gasteiger partial charge is 0.294 e. The van der Waals surface area contributed by atoms with Crippen molar-refractivity contribution in [3.8, 4) is 0 Å². The van der Waals surface area contributed by atoms with Crippen molar-refractivity contribution in [2.75, 3.05) is 13.1 Å². The first-order valence-electron chi connectivity index (χ1n) is 8.54. The van der Waals surface area contributed by atoms with Gasteiger partial charge < -0.3 is 0 Å². The molecule has 2 heterocycles. The highest BCUT2D eigenvalue weighted by atomic mass is 35.5. The van der Waals surface area contributed by atoms with Gasteiger partial charge in [-0.3, -0.25) is 4.90 Å². The second-order valence-electron chi connectivity index (χ2n) is 6.93. The van der Waals surface area contributed by atoms with Crippen molar-refractivity contribution in [1.82, 2.24) is 9.21 Å². The molecule has 2 fully saturated rings. The lowest BCUT2D eigenvalue weighted by atomic mass is 10.0. The van der Waals surface area contributed by atoms with Crippen LogP contribution in [0.1, 0.15) is 39.5 Å². The molecule has 1 aromatic rings. The van der Waals surface area contributed by atoms with Gasteiger partial charge in [0, 0.05) is 31.2 Å². The Morgan fingerprint density at radius 3 is 2.50 bits per heavy atom. The van der Waals surface area contributed by atoms with Gasteiger partial charge in [0.15, 0.2) is 5.82 Å². The van der Waals surface area contributed by atoms with Gasteiger partial charge in [-0.15, -0.1) is 0 Å². The molecule has 0 unspecified atom stereocenters. The highest BCUT2D eigenvalue weighted by Gasteiger charge is 2.39. The predicted molar refractivity (Wildman–Crippen MR) is 93.2 cm³/mol. The molecule has 0 N–H and O–H groups in total. The fourth-order valence-corrected chi connectivity index (χ4v) is 5.97. The van der Waals surface area contributed by atoms with Crippen molar-refractivity contribution in [2.24, 2.45) is 0 Å². The number of halogens is 2. The van der Waals surface area contributed by atoms with Gasteiger partial charge in [0.25, 0.3) is 0 Å². The van der Waals surface area contributed by atoms with Crippen LogP contribution in [0.4, 0.5) is 4.39 Å². The monoisotopic (exact) mass is 374 g/mol. The number of nitrogens with zero attached hydrogens (tertiary/aromatic N) is 2. The molecule has 2 aliphatic rings. The fraction of sp³-hybridized carbons (Fsp3) is 0.647. The molecular formula is C17H24ClFN2O2S. The topological polar surface area (TPSA) is 40.6 Å². The van der Waals surface area contributed by atoms with Crippen molar-refractivity contribution in [2.45, 2.75) is 62.6 Å². The van der Waals surface area contributed by atoms with Gasteiger partial charge in [-0.2, -0.15) is 4.31 Å². The van der Waals surface area contributed by atoms with Crippen LogP contribution in [0, 0.1) is 5.82 Å². The van der Waals surface area contributed by atoms with Gasteiger partial charge in [-0.05, 0) is 51.7 Å². The Hall–Kier alpha value is -0.690. The van der Waals surface area contributed by atoms with E-state index in [-0.39, 0.29) is 16.0 Å². The predicted octanol–water partition coefficient (Wildman–Crippen LogP) is 3.51. The number of benzene rings is 1. The summed E-state index contributed by atoms with van der Waals surface area (Å²) in [6.45, 7) is 5.26. The fourth-order valence-electron chi connectivity index (χ4n) is 4.14. The van der Waals surface area contributed by atoms with Gasteiger partial charge in [0.2, 0.25) is 10.0 Å². The number of hydrogen-bond donors (Lipinski definition) is 0. The van der Waals surface area contributed by atoms with E-state index in [1.807, 2.05) is 0 Å². The zero-order chi connectivity index (χ0) is 17.5. The van der Waals surface area contributed by atoms with Crippen LogP contribution >= 0.6 is 11.6 Å². The lowest BCUT2D eigenvalue weighted by Gasteiger charge is -2.41. The average molecular weight is 375 g/mol. The molecule has 3 atom stereocenters. The zero-order valence-corrected chi connectivity index (χ0v) is 15.7. The van der Waals surface area contributed by atoms with Crippen LogP contribution in [-0.4, -0.2) is 48.8 Å². The van der Waals surface area contributed by atoms with E-state index in [4.69, 9.17) is 11.6 Å². The Morgan fingerprint density at radius 1 is 1.17 bits per heavy atom. The smallest absolute Gasteiger partial charge is 0.246 e. The molecule has 0 saturated carbocycles. The van der Waals surface area contributed by atoms with E-state index in [0.29, 0.717) is 25.2 Å². The van der Waals surface area contributed by atoms with Crippen LogP contribution in [0.15, 0.2) is 23.1 Å². The third kappa shape index (κ3) is 3.21. The van der Waals surface area contributed by atoms with Crippen molar-refractivity contribution in [3.05, 3.63) is 29.0 Å². The lowest BCUT2D eigenvalue weighted by Crippen LogP contribution is -2.52. The summed E-state index contributed by atoms with van der Waals surface area (Å²) < 4.78 is 41.4. The quantitative estimate of drug-likeness (QED) is 0.813. The maximum Gasteiger partial charge on any atom is 0.246 e. The Labute approximate surface area is 148 Å². The zero-order valence-electron chi connectivity index (χ0n) is 14.1. The van der Waals surface area contributed by atoms with Crippen LogP contribution < -0.4 is 0 Å². The molecule has 0 aliphatic carbocycles. The lowest BCUT2D eigenvalue weighted by molar-refractivity contribution is 0.0979. The van der Waals surface area contributed by atoms with Crippen LogP contribution in [0.5, 0.6) is 0 Å². The van der Waals surface area contributed by atoms with Gasteiger partial charge in [0.1, 0.15) is 4.90 Å². The third-order valence-electron chi connectivity index (χ3n) is 5.34. The van der Waals surface area contributed by atoms with E-state index >= 15 is 0 Å². The summed E-state index contributed by atoms with van der Waals surface area (Å²) >= 11 is 5.76. The molecule has 134 valence electrons. The van der Waals surface area contributed by atoms with E-state index in [9.17, 15) is 12.8 Å². The molecule has 0 bridgehead atoms. The summed E-state index contributed by atoms with van der Waals surface area (Å²) in [6, 6.07) is 5.27. The van der Waals surface area contributed by atoms with E-state index in [2.05, 4.69) is 18.7 Å². The van der Waals surface area contributed by atoms with E-state index in [0.717, 1.165) is 25.7 Å². The average Bonchev–Trinajstić information content (AvgIpc) is 2.89. The molecular weight excluding hydrogens is 351 g/mol. The molecule has 3 rings (SSSR count). The second kappa shape index (κ2) is 6.90. The number of hydrogen-bond acceptors (Lipinski definition) is 3. The molecule has 0 amide bonds. The van der Waals surface area contributed by atoms with Crippen LogP contribution in [0.3, 0.4) is 0 Å². The first kappa shape index (κ1) is 18.1. The van der Waals surface area contributed by atoms with Gasteiger partial charge in [-0.1, -0.05) is 17.7 Å². The van der Waals surface area contributed by atoms with Gasteiger partial charge in [0.05, 0.1) is 5.02 Å². The first-order chi connectivity index (χ1) is 11.3. The van der Waals surface area contributed by atoms with Crippen LogP contribution in [-0.2, 0) is 10.0 Å². The molecule has 2 saturated heterocycles. The summed E-state index contributed by atoms with van der Waals surface area (Å²) in [5.74, 6) is -0.857. The molecule has 7 heteroatoms.